The molecule has 0 aliphatic heterocycles. The third-order valence-corrected chi connectivity index (χ3v) is 3.47. The Balaban J connectivity index is 1.98. The number of pyridine rings is 1. The molecule has 2 aromatic rings. The summed E-state index contributed by atoms with van der Waals surface area (Å²) < 4.78 is 0. The highest BCUT2D eigenvalue weighted by Crippen LogP contribution is 2.12. The smallest absolute Gasteiger partial charge is 0.319 e. The van der Waals surface area contributed by atoms with E-state index in [9.17, 15) is 9.59 Å². The molecule has 0 bridgehead atoms. The molecule has 1 atom stereocenters. The zero-order valence-electron chi connectivity index (χ0n) is 13.4. The van der Waals surface area contributed by atoms with E-state index in [0.717, 1.165) is 0 Å². The number of para-hydroxylation sites is 1. The Morgan fingerprint density at radius 2 is 1.75 bits per heavy atom. The first-order chi connectivity index (χ1) is 11.5. The highest BCUT2D eigenvalue weighted by molar-refractivity contribution is 6.30. The quantitative estimate of drug-likeness (QED) is 0.774. The van der Waals surface area contributed by atoms with E-state index in [1.807, 2.05) is 32.0 Å². The summed E-state index contributed by atoms with van der Waals surface area (Å²) in [5.41, 5.74) is 0.650. The van der Waals surface area contributed by atoms with Gasteiger partial charge in [-0.25, -0.2) is 9.78 Å². The third-order valence-electron chi connectivity index (χ3n) is 3.25. The van der Waals surface area contributed by atoms with Crippen molar-refractivity contribution in [2.75, 3.05) is 10.6 Å². The first kappa shape index (κ1) is 17.7. The predicted octanol–water partition coefficient (Wildman–Crippen LogP) is 3.52. The van der Waals surface area contributed by atoms with Gasteiger partial charge in [0.1, 0.15) is 11.9 Å². The van der Waals surface area contributed by atoms with Gasteiger partial charge in [0.15, 0.2) is 0 Å². The Morgan fingerprint density at radius 3 is 2.33 bits per heavy atom. The number of hydrogen-bond donors (Lipinski definition) is 3. The maximum atomic E-state index is 12.4. The van der Waals surface area contributed by atoms with Crippen molar-refractivity contribution in [1.29, 1.82) is 0 Å². The molecule has 1 unspecified atom stereocenters. The van der Waals surface area contributed by atoms with Crippen molar-refractivity contribution in [2.24, 2.45) is 5.92 Å². The van der Waals surface area contributed by atoms with E-state index in [-0.39, 0.29) is 11.8 Å². The number of nitrogens with one attached hydrogen (secondary N) is 3. The summed E-state index contributed by atoms with van der Waals surface area (Å²) in [6.45, 7) is 3.70. The molecule has 0 radical (unpaired) electrons. The lowest BCUT2D eigenvalue weighted by atomic mass is 10.0. The van der Waals surface area contributed by atoms with Crippen molar-refractivity contribution in [2.45, 2.75) is 19.9 Å². The molecule has 1 aromatic carbocycles. The molecule has 1 heterocycles. The number of urea groups is 1. The fourth-order valence-electron chi connectivity index (χ4n) is 2.02. The van der Waals surface area contributed by atoms with Gasteiger partial charge >= 0.3 is 6.03 Å². The average Bonchev–Trinajstić information content (AvgIpc) is 2.55. The van der Waals surface area contributed by atoms with Crippen LogP contribution in [0, 0.1) is 5.92 Å². The number of carbonyl (C=O) groups is 2. The van der Waals surface area contributed by atoms with Crippen LogP contribution in [0.2, 0.25) is 5.02 Å². The fraction of sp³-hybridized carbons (Fsp3) is 0.235. The van der Waals surface area contributed by atoms with Crippen LogP contribution in [0.15, 0.2) is 48.7 Å². The molecule has 2 rings (SSSR count). The van der Waals surface area contributed by atoms with Crippen molar-refractivity contribution in [3.63, 3.8) is 0 Å². The molecule has 126 valence electrons. The molecular weight excluding hydrogens is 328 g/mol. The molecule has 0 aliphatic carbocycles. The first-order valence-corrected chi connectivity index (χ1v) is 7.88. The second-order valence-electron chi connectivity index (χ2n) is 5.54. The Labute approximate surface area is 145 Å². The van der Waals surface area contributed by atoms with Gasteiger partial charge in [-0.2, -0.15) is 0 Å². The molecule has 0 saturated carbocycles. The van der Waals surface area contributed by atoms with E-state index >= 15 is 0 Å². The van der Waals surface area contributed by atoms with Crippen LogP contribution in [0.5, 0.6) is 0 Å². The minimum absolute atomic E-state index is 0.0983. The maximum Gasteiger partial charge on any atom is 0.319 e. The molecule has 7 heteroatoms. The number of benzene rings is 1. The number of rotatable bonds is 5. The first-order valence-electron chi connectivity index (χ1n) is 7.50. The second-order valence-corrected chi connectivity index (χ2v) is 5.97. The van der Waals surface area contributed by atoms with Gasteiger partial charge in [0.2, 0.25) is 5.91 Å². The molecule has 3 N–H and O–H groups in total. The number of anilines is 2. The molecular formula is C17H19ClN4O2. The number of halogens is 1. The van der Waals surface area contributed by atoms with E-state index in [0.29, 0.717) is 16.5 Å². The number of aromatic nitrogens is 1. The topological polar surface area (TPSA) is 83.1 Å². The summed E-state index contributed by atoms with van der Waals surface area (Å²) in [4.78, 5) is 28.5. The zero-order chi connectivity index (χ0) is 17.5. The van der Waals surface area contributed by atoms with E-state index in [2.05, 4.69) is 20.9 Å². The standard InChI is InChI=1S/C17H19ClN4O2/c1-11(2)15(16(23)21-14-9-8-12(18)10-19-14)22-17(24)20-13-6-4-3-5-7-13/h3-11,15H,1-2H3,(H,19,21,23)(H2,20,22,24). The average molecular weight is 347 g/mol. The molecule has 0 saturated heterocycles. The fourth-order valence-corrected chi connectivity index (χ4v) is 2.13. The summed E-state index contributed by atoms with van der Waals surface area (Å²) in [7, 11) is 0. The molecule has 0 fully saturated rings. The lowest BCUT2D eigenvalue weighted by molar-refractivity contribution is -0.118. The largest absolute Gasteiger partial charge is 0.326 e. The van der Waals surface area contributed by atoms with Crippen LogP contribution in [-0.2, 0) is 4.79 Å². The highest BCUT2D eigenvalue weighted by Gasteiger charge is 2.24. The van der Waals surface area contributed by atoms with E-state index in [1.165, 1.54) is 6.20 Å². The third kappa shape index (κ3) is 5.24. The van der Waals surface area contributed by atoms with Crippen LogP contribution >= 0.6 is 11.6 Å². The van der Waals surface area contributed by atoms with E-state index in [4.69, 9.17) is 11.6 Å². The zero-order valence-corrected chi connectivity index (χ0v) is 14.2. The van der Waals surface area contributed by atoms with Gasteiger partial charge in [0.25, 0.3) is 0 Å². The number of nitrogens with zero attached hydrogens (tertiary/aromatic N) is 1. The van der Waals surface area contributed by atoms with Gasteiger partial charge in [-0.3, -0.25) is 4.79 Å². The molecule has 0 aliphatic rings. The van der Waals surface area contributed by atoms with Gasteiger partial charge in [-0.1, -0.05) is 43.6 Å². The predicted molar refractivity (Wildman–Crippen MR) is 95.1 cm³/mol. The molecule has 6 nitrogen and oxygen atoms in total. The number of amides is 3. The Morgan fingerprint density at radius 1 is 1.04 bits per heavy atom. The van der Waals surface area contributed by atoms with Crippen molar-refractivity contribution < 1.29 is 9.59 Å². The van der Waals surface area contributed by atoms with Crippen LogP contribution < -0.4 is 16.0 Å². The van der Waals surface area contributed by atoms with Gasteiger partial charge < -0.3 is 16.0 Å². The summed E-state index contributed by atoms with van der Waals surface area (Å²) >= 11 is 5.77. The maximum absolute atomic E-state index is 12.4. The van der Waals surface area contributed by atoms with E-state index in [1.54, 1.807) is 24.3 Å². The lowest BCUT2D eigenvalue weighted by Gasteiger charge is -2.21. The molecule has 0 spiro atoms. The summed E-state index contributed by atoms with van der Waals surface area (Å²) in [5, 5.41) is 8.52. The van der Waals surface area contributed by atoms with Crippen molar-refractivity contribution >= 4 is 35.0 Å². The Kier molecular flexibility index (Phi) is 6.14. The van der Waals surface area contributed by atoms with Crippen LogP contribution in [0.3, 0.4) is 0 Å². The van der Waals surface area contributed by atoms with Crippen LogP contribution in [0.1, 0.15) is 13.8 Å². The van der Waals surface area contributed by atoms with Gasteiger partial charge in [0, 0.05) is 11.9 Å². The summed E-state index contributed by atoms with van der Waals surface area (Å²) in [6, 6.07) is 11.1. The van der Waals surface area contributed by atoms with Crippen LogP contribution in [0.25, 0.3) is 0 Å². The van der Waals surface area contributed by atoms with E-state index < -0.39 is 12.1 Å². The van der Waals surface area contributed by atoms with Crippen LogP contribution in [0.4, 0.5) is 16.3 Å². The number of hydrogen-bond acceptors (Lipinski definition) is 3. The molecule has 3 amide bonds. The van der Waals surface area contributed by atoms with Crippen molar-refractivity contribution in [1.82, 2.24) is 10.3 Å². The SMILES string of the molecule is CC(C)C(NC(=O)Nc1ccccc1)C(=O)Nc1ccc(Cl)cn1. The second kappa shape index (κ2) is 8.31. The summed E-state index contributed by atoms with van der Waals surface area (Å²) in [6.07, 6.45) is 1.44. The van der Waals surface area contributed by atoms with Crippen LogP contribution in [-0.4, -0.2) is 23.0 Å². The highest BCUT2D eigenvalue weighted by atomic mass is 35.5. The Hall–Kier alpha value is -2.60. The monoisotopic (exact) mass is 346 g/mol. The van der Waals surface area contributed by atoms with Gasteiger partial charge in [0.05, 0.1) is 5.02 Å². The molecule has 1 aromatic heterocycles. The minimum atomic E-state index is -0.703. The minimum Gasteiger partial charge on any atom is -0.326 e. The van der Waals surface area contributed by atoms with Gasteiger partial charge in [-0.15, -0.1) is 0 Å². The Bertz CT molecular complexity index is 689. The number of carbonyl (C=O) groups excluding carboxylic acids is 2. The van der Waals surface area contributed by atoms with Crippen molar-refractivity contribution in [3.8, 4) is 0 Å². The molecule has 24 heavy (non-hydrogen) atoms. The normalized spacial score (nSPS) is 11.7. The lowest BCUT2D eigenvalue weighted by Crippen LogP contribution is -2.48. The summed E-state index contributed by atoms with van der Waals surface area (Å²) in [5.74, 6) is -0.0674. The van der Waals surface area contributed by atoms with Gasteiger partial charge in [-0.05, 0) is 30.2 Å². The van der Waals surface area contributed by atoms with Crippen molar-refractivity contribution in [3.05, 3.63) is 53.7 Å².